The summed E-state index contributed by atoms with van der Waals surface area (Å²) in [6.07, 6.45) is 3.87. The van der Waals surface area contributed by atoms with Gasteiger partial charge in [0, 0.05) is 30.4 Å². The van der Waals surface area contributed by atoms with Crippen molar-refractivity contribution in [2.75, 3.05) is 25.1 Å². The lowest BCUT2D eigenvalue weighted by Gasteiger charge is -2.21. The number of nitrogens with zero attached hydrogens (tertiary/aromatic N) is 3. The second kappa shape index (κ2) is 10.4. The number of carbonyl (C=O) groups excluding carboxylic acids is 2. The highest BCUT2D eigenvalue weighted by molar-refractivity contribution is 7.17. The molecule has 2 fully saturated rings. The van der Waals surface area contributed by atoms with Crippen LogP contribution in [0.2, 0.25) is 0 Å². The number of nitrogens with one attached hydrogen (secondary N) is 2. The number of thiazole rings is 1. The molecule has 2 aromatic rings. The van der Waals surface area contributed by atoms with Crippen LogP contribution in [0.4, 0.5) is 5.82 Å². The highest BCUT2D eigenvalue weighted by Crippen LogP contribution is 2.35. The van der Waals surface area contributed by atoms with E-state index in [1.54, 1.807) is 6.20 Å². The summed E-state index contributed by atoms with van der Waals surface area (Å²) in [6, 6.07) is 1.89. The molecule has 2 amide bonds. The van der Waals surface area contributed by atoms with Gasteiger partial charge in [0.25, 0.3) is 11.8 Å². The molecule has 2 saturated heterocycles. The molecule has 0 radical (unpaired) electrons. The Bertz CT molecular complexity index is 1060. The van der Waals surface area contributed by atoms with Crippen LogP contribution in [0, 0.1) is 6.92 Å². The number of pyridine rings is 1. The fraction of sp³-hybridized carbons (Fsp3) is 0.583. The standard InChI is InChI=1S/C24H33N5O4S/c1-5-14(3)26-19-9-13(2)16(10-25-19)21-20(24(32)29-8-6-7-15(29)4)28-23(34-21)22(31)27-17-11-33-12-18(17)30/h9-10,14-15,17-18,30H,5-8,11-12H2,1-4H3,(H,25,26)(H,27,31)/t14-,15+,17+,18-/m1/s1. The molecule has 0 aromatic carbocycles. The average Bonchev–Trinajstić information content (AvgIpc) is 3.54. The van der Waals surface area contributed by atoms with Gasteiger partial charge < -0.3 is 25.4 Å². The first kappa shape index (κ1) is 24.6. The number of aromatic nitrogens is 2. The van der Waals surface area contributed by atoms with Crippen molar-refractivity contribution in [2.45, 2.75) is 71.2 Å². The van der Waals surface area contributed by atoms with Crippen LogP contribution in [0.15, 0.2) is 12.3 Å². The van der Waals surface area contributed by atoms with E-state index in [9.17, 15) is 14.7 Å². The lowest BCUT2D eigenvalue weighted by atomic mass is 10.1. The number of carbonyl (C=O) groups is 2. The first-order chi connectivity index (χ1) is 16.3. The van der Waals surface area contributed by atoms with Crippen LogP contribution < -0.4 is 10.6 Å². The predicted octanol–water partition coefficient (Wildman–Crippen LogP) is 2.84. The van der Waals surface area contributed by atoms with Crippen LogP contribution in [-0.4, -0.2) is 75.8 Å². The maximum absolute atomic E-state index is 13.5. The highest BCUT2D eigenvalue weighted by Gasteiger charge is 2.33. The second-order valence-electron chi connectivity index (χ2n) is 9.21. The van der Waals surface area contributed by atoms with Gasteiger partial charge in [0.05, 0.1) is 30.2 Å². The van der Waals surface area contributed by atoms with Gasteiger partial charge in [-0.25, -0.2) is 9.97 Å². The Morgan fingerprint density at radius 1 is 1.38 bits per heavy atom. The van der Waals surface area contributed by atoms with Crippen molar-refractivity contribution < 1.29 is 19.4 Å². The van der Waals surface area contributed by atoms with Crippen molar-refractivity contribution in [3.05, 3.63) is 28.5 Å². The summed E-state index contributed by atoms with van der Waals surface area (Å²) in [4.78, 5) is 38.0. The molecular formula is C24H33N5O4S. The van der Waals surface area contributed by atoms with Crippen LogP contribution in [-0.2, 0) is 4.74 Å². The van der Waals surface area contributed by atoms with Gasteiger partial charge >= 0.3 is 0 Å². The highest BCUT2D eigenvalue weighted by atomic mass is 32.1. The van der Waals surface area contributed by atoms with Crippen molar-refractivity contribution >= 4 is 29.0 Å². The lowest BCUT2D eigenvalue weighted by Crippen LogP contribution is -2.42. The minimum absolute atomic E-state index is 0.131. The molecular weight excluding hydrogens is 454 g/mol. The molecule has 184 valence electrons. The third-order valence-electron chi connectivity index (χ3n) is 6.57. The molecule has 10 heteroatoms. The number of aliphatic hydroxyl groups excluding tert-OH is 1. The zero-order valence-corrected chi connectivity index (χ0v) is 20.9. The molecule has 4 atom stereocenters. The van der Waals surface area contributed by atoms with Crippen molar-refractivity contribution in [1.29, 1.82) is 0 Å². The van der Waals surface area contributed by atoms with Crippen LogP contribution in [0.1, 0.15) is 65.9 Å². The molecule has 0 bridgehead atoms. The Hall–Kier alpha value is -2.56. The molecule has 0 spiro atoms. The minimum atomic E-state index is -0.757. The Labute approximate surface area is 203 Å². The van der Waals surface area contributed by atoms with Gasteiger partial charge in [0.15, 0.2) is 5.01 Å². The van der Waals surface area contributed by atoms with E-state index >= 15 is 0 Å². The monoisotopic (exact) mass is 487 g/mol. The molecule has 0 aliphatic carbocycles. The van der Waals surface area contributed by atoms with Crippen LogP contribution in [0.3, 0.4) is 0 Å². The maximum Gasteiger partial charge on any atom is 0.280 e. The Morgan fingerprint density at radius 2 is 2.18 bits per heavy atom. The van der Waals surface area contributed by atoms with E-state index in [1.807, 2.05) is 24.8 Å². The van der Waals surface area contributed by atoms with Gasteiger partial charge in [0.1, 0.15) is 11.5 Å². The summed E-state index contributed by atoms with van der Waals surface area (Å²) in [5.41, 5.74) is 2.00. The summed E-state index contributed by atoms with van der Waals surface area (Å²) in [5, 5.41) is 16.3. The smallest absolute Gasteiger partial charge is 0.280 e. The van der Waals surface area contributed by atoms with E-state index in [4.69, 9.17) is 4.74 Å². The number of amides is 2. The summed E-state index contributed by atoms with van der Waals surface area (Å²) >= 11 is 1.18. The quantitative estimate of drug-likeness (QED) is 0.550. The average molecular weight is 488 g/mol. The molecule has 4 heterocycles. The third kappa shape index (κ3) is 5.08. The number of anilines is 1. The van der Waals surface area contributed by atoms with E-state index in [0.717, 1.165) is 36.2 Å². The summed E-state index contributed by atoms with van der Waals surface area (Å²) in [5.74, 6) is 0.185. The molecule has 34 heavy (non-hydrogen) atoms. The van der Waals surface area contributed by atoms with Gasteiger partial charge in [-0.15, -0.1) is 11.3 Å². The molecule has 2 aliphatic heterocycles. The maximum atomic E-state index is 13.5. The fourth-order valence-electron chi connectivity index (χ4n) is 4.25. The summed E-state index contributed by atoms with van der Waals surface area (Å²) in [7, 11) is 0. The predicted molar refractivity (Wildman–Crippen MR) is 131 cm³/mol. The summed E-state index contributed by atoms with van der Waals surface area (Å²) in [6.45, 7) is 9.32. The van der Waals surface area contributed by atoms with Crippen molar-refractivity contribution in [1.82, 2.24) is 20.2 Å². The lowest BCUT2D eigenvalue weighted by molar-refractivity contribution is 0.0743. The zero-order valence-electron chi connectivity index (χ0n) is 20.1. The molecule has 2 aliphatic rings. The first-order valence-corrected chi connectivity index (χ1v) is 12.7. The molecule has 0 unspecified atom stereocenters. The molecule has 4 rings (SSSR count). The zero-order chi connectivity index (χ0) is 24.4. The molecule has 3 N–H and O–H groups in total. The molecule has 9 nitrogen and oxygen atoms in total. The van der Waals surface area contributed by atoms with Crippen molar-refractivity contribution in [3.8, 4) is 10.4 Å². The molecule has 0 saturated carbocycles. The Balaban J connectivity index is 1.68. The number of ether oxygens (including phenoxy) is 1. The third-order valence-corrected chi connectivity index (χ3v) is 7.65. The normalized spacial score (nSPS) is 23.2. The van der Waals surface area contributed by atoms with Crippen molar-refractivity contribution in [3.63, 3.8) is 0 Å². The van der Waals surface area contributed by atoms with Gasteiger partial charge in [-0.05, 0) is 51.7 Å². The van der Waals surface area contributed by atoms with Crippen LogP contribution in [0.5, 0.6) is 0 Å². The van der Waals surface area contributed by atoms with Gasteiger partial charge in [0.2, 0.25) is 0 Å². The largest absolute Gasteiger partial charge is 0.388 e. The van der Waals surface area contributed by atoms with Crippen LogP contribution >= 0.6 is 11.3 Å². The van der Waals surface area contributed by atoms with Gasteiger partial charge in [-0.3, -0.25) is 9.59 Å². The number of hydrogen-bond donors (Lipinski definition) is 3. The van der Waals surface area contributed by atoms with E-state index in [-0.39, 0.29) is 35.9 Å². The second-order valence-corrected chi connectivity index (χ2v) is 10.2. The van der Waals surface area contributed by atoms with Gasteiger partial charge in [-0.1, -0.05) is 6.92 Å². The Morgan fingerprint density at radius 3 is 2.79 bits per heavy atom. The minimum Gasteiger partial charge on any atom is -0.388 e. The SMILES string of the molecule is CC[C@@H](C)Nc1cc(C)c(-c2sc(C(=O)N[C@H]3COC[C@H]3O)nc2C(=O)N2CCC[C@@H]2C)cn1. The number of aliphatic hydroxyl groups is 1. The van der Waals surface area contributed by atoms with Crippen LogP contribution in [0.25, 0.3) is 10.4 Å². The van der Waals surface area contributed by atoms with E-state index in [0.29, 0.717) is 17.5 Å². The topological polar surface area (TPSA) is 117 Å². The van der Waals surface area contributed by atoms with E-state index in [2.05, 4.69) is 34.4 Å². The Kier molecular flexibility index (Phi) is 7.49. The number of aryl methyl sites for hydroxylation is 1. The summed E-state index contributed by atoms with van der Waals surface area (Å²) < 4.78 is 5.23. The molecule has 2 aromatic heterocycles. The van der Waals surface area contributed by atoms with Gasteiger partial charge in [-0.2, -0.15) is 0 Å². The van der Waals surface area contributed by atoms with E-state index in [1.165, 1.54) is 11.3 Å². The fourth-order valence-corrected chi connectivity index (χ4v) is 5.29. The van der Waals surface area contributed by atoms with Crippen molar-refractivity contribution in [2.24, 2.45) is 0 Å². The van der Waals surface area contributed by atoms with E-state index < -0.39 is 18.1 Å². The first-order valence-electron chi connectivity index (χ1n) is 11.9. The number of likely N-dealkylation sites (tertiary alicyclic amines) is 1. The number of rotatable bonds is 7. The number of hydrogen-bond acceptors (Lipinski definition) is 8.